The summed E-state index contributed by atoms with van der Waals surface area (Å²) in [5.41, 5.74) is 0. The predicted octanol–water partition coefficient (Wildman–Crippen LogP) is 1.40. The lowest BCUT2D eigenvalue weighted by molar-refractivity contribution is 0.183. The summed E-state index contributed by atoms with van der Waals surface area (Å²) in [5.74, 6) is 1.95. The summed E-state index contributed by atoms with van der Waals surface area (Å²) in [6, 6.07) is 0. The van der Waals surface area contributed by atoms with Crippen LogP contribution in [0, 0.1) is 0 Å². The topological polar surface area (TPSA) is 49.2 Å². The van der Waals surface area contributed by atoms with Gasteiger partial charge in [-0.1, -0.05) is 15.9 Å². The minimum absolute atomic E-state index is 0.676. The molecule has 0 saturated carbocycles. The summed E-state index contributed by atoms with van der Waals surface area (Å²) in [5, 5.41) is 9.04. The number of aryl methyl sites for hydroxylation is 1. The van der Waals surface area contributed by atoms with Crippen LogP contribution in [-0.2, 0) is 27.8 Å². The van der Waals surface area contributed by atoms with E-state index in [1.54, 1.807) is 14.2 Å². The molecule has 1 aromatic rings. The zero-order valence-electron chi connectivity index (χ0n) is 9.78. The number of nitrogens with zero attached hydrogens (tertiary/aromatic N) is 3. The molecule has 0 aliphatic heterocycles. The van der Waals surface area contributed by atoms with Crippen molar-refractivity contribution in [1.29, 1.82) is 0 Å². The van der Waals surface area contributed by atoms with E-state index in [4.69, 9.17) is 9.47 Å². The van der Waals surface area contributed by atoms with E-state index in [0.717, 1.165) is 37.6 Å². The maximum Gasteiger partial charge on any atom is 0.143 e. The van der Waals surface area contributed by atoms with Gasteiger partial charge < -0.3 is 14.0 Å². The molecule has 1 aromatic heterocycles. The summed E-state index contributed by atoms with van der Waals surface area (Å²) in [6.07, 6.45) is 1.85. The molecule has 0 radical (unpaired) electrons. The molecule has 0 fully saturated rings. The van der Waals surface area contributed by atoms with E-state index in [2.05, 4.69) is 30.7 Å². The number of methoxy groups -OCH3 is 2. The van der Waals surface area contributed by atoms with Crippen LogP contribution >= 0.6 is 15.9 Å². The normalized spacial score (nSPS) is 10.9. The average Bonchev–Trinajstić information content (AvgIpc) is 2.69. The molecule has 5 nitrogen and oxygen atoms in total. The highest BCUT2D eigenvalue weighted by molar-refractivity contribution is 9.08. The standard InChI is InChI=1S/C10H18BrN3O2/c1-15-6-3-4-9-12-13-10(8-11)14(9)5-7-16-2/h3-8H2,1-2H3. The maximum absolute atomic E-state index is 5.08. The second-order valence-electron chi connectivity index (χ2n) is 3.41. The van der Waals surface area contributed by atoms with E-state index in [0.29, 0.717) is 11.9 Å². The molecule has 0 aliphatic carbocycles. The third-order valence-electron chi connectivity index (χ3n) is 2.29. The molecule has 0 aromatic carbocycles. The van der Waals surface area contributed by atoms with E-state index < -0.39 is 0 Å². The SMILES string of the molecule is COCCCc1nnc(CBr)n1CCOC. The molecule has 0 unspecified atom stereocenters. The Labute approximate surface area is 104 Å². The molecule has 6 heteroatoms. The van der Waals surface area contributed by atoms with Crippen molar-refractivity contribution in [2.45, 2.75) is 24.7 Å². The molecule has 92 valence electrons. The molecule has 0 aliphatic rings. The van der Waals surface area contributed by atoms with Crippen LogP contribution in [0.15, 0.2) is 0 Å². The first kappa shape index (κ1) is 13.6. The van der Waals surface area contributed by atoms with Crippen molar-refractivity contribution in [3.05, 3.63) is 11.6 Å². The first-order valence-electron chi connectivity index (χ1n) is 5.28. The third kappa shape index (κ3) is 3.84. The van der Waals surface area contributed by atoms with Gasteiger partial charge in [0.05, 0.1) is 11.9 Å². The van der Waals surface area contributed by atoms with Crippen LogP contribution in [0.25, 0.3) is 0 Å². The number of hydrogen-bond donors (Lipinski definition) is 0. The molecule has 0 saturated heterocycles. The van der Waals surface area contributed by atoms with Gasteiger partial charge in [-0.2, -0.15) is 0 Å². The van der Waals surface area contributed by atoms with Crippen molar-refractivity contribution in [2.75, 3.05) is 27.4 Å². The lowest BCUT2D eigenvalue weighted by Crippen LogP contribution is -2.11. The van der Waals surface area contributed by atoms with Gasteiger partial charge in [0, 0.05) is 33.8 Å². The van der Waals surface area contributed by atoms with Crippen molar-refractivity contribution in [1.82, 2.24) is 14.8 Å². The molecular weight excluding hydrogens is 274 g/mol. The van der Waals surface area contributed by atoms with Gasteiger partial charge in [0.2, 0.25) is 0 Å². The van der Waals surface area contributed by atoms with Crippen molar-refractivity contribution >= 4 is 15.9 Å². The van der Waals surface area contributed by atoms with Crippen LogP contribution in [-0.4, -0.2) is 42.2 Å². The number of ether oxygens (including phenoxy) is 2. The minimum Gasteiger partial charge on any atom is -0.385 e. The highest BCUT2D eigenvalue weighted by Gasteiger charge is 2.10. The second kappa shape index (κ2) is 7.76. The summed E-state index contributed by atoms with van der Waals surface area (Å²) < 4.78 is 12.2. The van der Waals surface area contributed by atoms with Gasteiger partial charge in [0.15, 0.2) is 0 Å². The first-order chi connectivity index (χ1) is 7.83. The van der Waals surface area contributed by atoms with Crippen LogP contribution < -0.4 is 0 Å². The zero-order valence-corrected chi connectivity index (χ0v) is 11.4. The number of halogens is 1. The molecule has 1 heterocycles. The fraction of sp³-hybridized carbons (Fsp3) is 0.800. The van der Waals surface area contributed by atoms with E-state index >= 15 is 0 Å². The number of hydrogen-bond acceptors (Lipinski definition) is 4. The quantitative estimate of drug-likeness (QED) is 0.537. The first-order valence-corrected chi connectivity index (χ1v) is 6.40. The summed E-state index contributed by atoms with van der Waals surface area (Å²) in [7, 11) is 3.41. The predicted molar refractivity (Wildman–Crippen MR) is 64.7 cm³/mol. The molecule has 16 heavy (non-hydrogen) atoms. The van der Waals surface area contributed by atoms with Gasteiger partial charge >= 0.3 is 0 Å². The molecule has 1 rings (SSSR count). The highest BCUT2D eigenvalue weighted by atomic mass is 79.9. The van der Waals surface area contributed by atoms with Crippen molar-refractivity contribution < 1.29 is 9.47 Å². The monoisotopic (exact) mass is 291 g/mol. The Morgan fingerprint density at radius 2 is 1.81 bits per heavy atom. The molecule has 0 bridgehead atoms. The Kier molecular flexibility index (Phi) is 6.59. The van der Waals surface area contributed by atoms with Crippen LogP contribution in [0.5, 0.6) is 0 Å². The molecule has 0 atom stereocenters. The van der Waals surface area contributed by atoms with Crippen LogP contribution in [0.4, 0.5) is 0 Å². The van der Waals surface area contributed by atoms with Crippen molar-refractivity contribution in [3.63, 3.8) is 0 Å². The lowest BCUT2D eigenvalue weighted by atomic mass is 10.3. The number of aromatic nitrogens is 3. The van der Waals surface area contributed by atoms with E-state index in [9.17, 15) is 0 Å². The Bertz CT molecular complexity index is 304. The molecule has 0 N–H and O–H groups in total. The lowest BCUT2D eigenvalue weighted by Gasteiger charge is -2.08. The smallest absolute Gasteiger partial charge is 0.143 e. The zero-order chi connectivity index (χ0) is 11.8. The third-order valence-corrected chi connectivity index (χ3v) is 2.79. The van der Waals surface area contributed by atoms with E-state index in [-0.39, 0.29) is 0 Å². The number of rotatable bonds is 8. The van der Waals surface area contributed by atoms with Crippen molar-refractivity contribution in [2.24, 2.45) is 0 Å². The Morgan fingerprint density at radius 1 is 1.12 bits per heavy atom. The highest BCUT2D eigenvalue weighted by Crippen LogP contribution is 2.08. The largest absolute Gasteiger partial charge is 0.385 e. The fourth-order valence-electron chi connectivity index (χ4n) is 1.47. The van der Waals surface area contributed by atoms with E-state index in [1.165, 1.54) is 0 Å². The van der Waals surface area contributed by atoms with Gasteiger partial charge in [-0.15, -0.1) is 10.2 Å². The van der Waals surface area contributed by atoms with Crippen molar-refractivity contribution in [3.8, 4) is 0 Å². The van der Waals surface area contributed by atoms with Gasteiger partial charge in [-0.05, 0) is 6.42 Å². The molecule has 0 amide bonds. The van der Waals surface area contributed by atoms with Gasteiger partial charge in [-0.3, -0.25) is 0 Å². The van der Waals surface area contributed by atoms with Gasteiger partial charge in [0.25, 0.3) is 0 Å². The Morgan fingerprint density at radius 3 is 2.44 bits per heavy atom. The molecule has 0 spiro atoms. The van der Waals surface area contributed by atoms with Crippen LogP contribution in [0.3, 0.4) is 0 Å². The summed E-state index contributed by atoms with van der Waals surface area (Å²) in [6.45, 7) is 2.23. The Balaban J connectivity index is 2.62. The Hall–Kier alpha value is -0.460. The minimum atomic E-state index is 0.676. The summed E-state index contributed by atoms with van der Waals surface area (Å²) >= 11 is 3.41. The second-order valence-corrected chi connectivity index (χ2v) is 3.97. The molecular formula is C10H18BrN3O2. The number of alkyl halides is 1. The van der Waals surface area contributed by atoms with Gasteiger partial charge in [-0.25, -0.2) is 0 Å². The van der Waals surface area contributed by atoms with Crippen LogP contribution in [0.2, 0.25) is 0 Å². The fourth-order valence-corrected chi connectivity index (χ4v) is 1.89. The van der Waals surface area contributed by atoms with Crippen LogP contribution in [0.1, 0.15) is 18.1 Å². The maximum atomic E-state index is 5.08. The average molecular weight is 292 g/mol. The van der Waals surface area contributed by atoms with E-state index in [1.807, 2.05) is 0 Å². The van der Waals surface area contributed by atoms with Gasteiger partial charge in [0.1, 0.15) is 11.6 Å². The summed E-state index contributed by atoms with van der Waals surface area (Å²) in [4.78, 5) is 0.